The van der Waals surface area contributed by atoms with Gasteiger partial charge in [-0.3, -0.25) is 0 Å². The van der Waals surface area contributed by atoms with Crippen LogP contribution in [0.4, 0.5) is 0 Å². The van der Waals surface area contributed by atoms with Gasteiger partial charge in [-0.2, -0.15) is 0 Å². The third-order valence-electron chi connectivity index (χ3n) is 4.12. The molecule has 0 N–H and O–H groups in total. The minimum atomic E-state index is 0.680. The van der Waals surface area contributed by atoms with Gasteiger partial charge in [0.05, 0.1) is 19.8 Å². The lowest BCUT2D eigenvalue weighted by atomic mass is 9.99. The minimum Gasteiger partial charge on any atom is -0.379 e. The molecule has 0 saturated heterocycles. The topological polar surface area (TPSA) is 18.5 Å². The van der Waals surface area contributed by atoms with Gasteiger partial charge in [0.2, 0.25) is 0 Å². The van der Waals surface area contributed by atoms with Crippen LogP contribution >= 0.6 is 22.6 Å². The fourth-order valence-electron chi connectivity index (χ4n) is 3.06. The lowest BCUT2D eigenvalue weighted by molar-refractivity contribution is 0.0540. The van der Waals surface area contributed by atoms with Crippen LogP contribution in [0.25, 0.3) is 11.1 Å². The van der Waals surface area contributed by atoms with Crippen LogP contribution in [0.3, 0.4) is 0 Å². The zero-order chi connectivity index (χ0) is 15.4. The summed E-state index contributed by atoms with van der Waals surface area (Å²) in [6.45, 7) is 4.89. The minimum absolute atomic E-state index is 0.680. The van der Waals surface area contributed by atoms with Gasteiger partial charge < -0.3 is 9.47 Å². The summed E-state index contributed by atoms with van der Waals surface area (Å²) in [5.74, 6) is 0. The summed E-state index contributed by atoms with van der Waals surface area (Å²) >= 11 is 2.45. The standard InChI is InChI=1S/C19H21IO2/c1-2-21-11-12-22-10-9-17-18-13-14-5-3-4-6-15(14)16(18)7-8-19(17)20/h3-8H,2,9-13H2,1H3. The van der Waals surface area contributed by atoms with Crippen LogP contribution in [0.15, 0.2) is 36.4 Å². The van der Waals surface area contributed by atoms with E-state index in [1.54, 1.807) is 0 Å². The van der Waals surface area contributed by atoms with Crippen molar-refractivity contribution in [1.82, 2.24) is 0 Å². The lowest BCUT2D eigenvalue weighted by Crippen LogP contribution is -2.08. The third-order valence-corrected chi connectivity index (χ3v) is 5.13. The van der Waals surface area contributed by atoms with E-state index in [2.05, 4.69) is 59.0 Å². The molecular formula is C19H21IO2. The van der Waals surface area contributed by atoms with Crippen molar-refractivity contribution in [2.24, 2.45) is 0 Å². The average Bonchev–Trinajstić information content (AvgIpc) is 2.91. The number of hydrogen-bond donors (Lipinski definition) is 0. The van der Waals surface area contributed by atoms with E-state index < -0.39 is 0 Å². The fourth-order valence-corrected chi connectivity index (χ4v) is 3.83. The molecule has 3 rings (SSSR count). The molecule has 0 aliphatic heterocycles. The molecule has 2 nitrogen and oxygen atoms in total. The second-order valence-electron chi connectivity index (χ2n) is 5.45. The van der Waals surface area contributed by atoms with Crippen LogP contribution in [0.2, 0.25) is 0 Å². The van der Waals surface area contributed by atoms with E-state index in [-0.39, 0.29) is 0 Å². The fraction of sp³-hybridized carbons (Fsp3) is 0.368. The maximum atomic E-state index is 5.70. The van der Waals surface area contributed by atoms with E-state index in [1.807, 2.05) is 6.92 Å². The Bertz CT molecular complexity index is 652. The summed E-state index contributed by atoms with van der Waals surface area (Å²) in [7, 11) is 0. The largest absolute Gasteiger partial charge is 0.379 e. The summed E-state index contributed by atoms with van der Waals surface area (Å²) in [5, 5.41) is 0. The monoisotopic (exact) mass is 408 g/mol. The van der Waals surface area contributed by atoms with Crippen molar-refractivity contribution in [1.29, 1.82) is 0 Å². The summed E-state index contributed by atoms with van der Waals surface area (Å²) in [4.78, 5) is 0. The Morgan fingerprint density at radius 2 is 1.77 bits per heavy atom. The molecule has 1 aliphatic rings. The quantitative estimate of drug-likeness (QED) is 0.425. The molecule has 0 unspecified atom stereocenters. The first-order valence-corrected chi connectivity index (χ1v) is 8.93. The second kappa shape index (κ2) is 7.57. The Morgan fingerprint density at radius 3 is 2.64 bits per heavy atom. The van der Waals surface area contributed by atoms with E-state index in [1.165, 1.54) is 31.4 Å². The summed E-state index contributed by atoms with van der Waals surface area (Å²) in [6.07, 6.45) is 2.03. The van der Waals surface area contributed by atoms with Crippen LogP contribution in [0.1, 0.15) is 23.6 Å². The first-order valence-electron chi connectivity index (χ1n) is 7.85. The number of benzene rings is 2. The highest BCUT2D eigenvalue weighted by atomic mass is 127. The molecule has 0 amide bonds. The van der Waals surface area contributed by atoms with Crippen molar-refractivity contribution >= 4 is 22.6 Å². The van der Waals surface area contributed by atoms with E-state index >= 15 is 0 Å². The van der Waals surface area contributed by atoms with Crippen LogP contribution in [-0.4, -0.2) is 26.4 Å². The maximum absolute atomic E-state index is 5.70. The number of ether oxygens (including phenoxy) is 2. The molecule has 0 aromatic heterocycles. The van der Waals surface area contributed by atoms with Crippen molar-refractivity contribution in [3.05, 3.63) is 56.7 Å². The zero-order valence-electron chi connectivity index (χ0n) is 12.9. The Morgan fingerprint density at radius 1 is 0.955 bits per heavy atom. The molecule has 2 aromatic carbocycles. The molecule has 3 heteroatoms. The summed E-state index contributed by atoms with van der Waals surface area (Å²) in [5.41, 5.74) is 7.18. The van der Waals surface area contributed by atoms with Gasteiger partial charge >= 0.3 is 0 Å². The molecule has 2 aromatic rings. The van der Waals surface area contributed by atoms with E-state index in [4.69, 9.17) is 9.47 Å². The second-order valence-corrected chi connectivity index (χ2v) is 6.61. The van der Waals surface area contributed by atoms with E-state index in [0.29, 0.717) is 13.2 Å². The van der Waals surface area contributed by atoms with Gasteiger partial charge in [-0.05, 0) is 76.2 Å². The normalized spacial score (nSPS) is 12.3. The van der Waals surface area contributed by atoms with Crippen molar-refractivity contribution < 1.29 is 9.47 Å². The highest BCUT2D eigenvalue weighted by molar-refractivity contribution is 14.1. The lowest BCUT2D eigenvalue weighted by Gasteiger charge is -2.12. The summed E-state index contributed by atoms with van der Waals surface area (Å²) < 4.78 is 12.3. The Balaban J connectivity index is 1.71. The first kappa shape index (κ1) is 16.0. The maximum Gasteiger partial charge on any atom is 0.0700 e. The van der Waals surface area contributed by atoms with Crippen LogP contribution in [0.5, 0.6) is 0 Å². The molecule has 0 bridgehead atoms. The van der Waals surface area contributed by atoms with E-state index in [9.17, 15) is 0 Å². The molecular weight excluding hydrogens is 387 g/mol. The third kappa shape index (κ3) is 3.36. The predicted molar refractivity (Wildman–Crippen MR) is 98.4 cm³/mol. The predicted octanol–water partition coefficient (Wildman–Crippen LogP) is 4.46. The molecule has 0 saturated carbocycles. The molecule has 116 valence electrons. The van der Waals surface area contributed by atoms with Crippen molar-refractivity contribution in [2.75, 3.05) is 26.4 Å². The smallest absolute Gasteiger partial charge is 0.0700 e. The molecule has 0 radical (unpaired) electrons. The average molecular weight is 408 g/mol. The van der Waals surface area contributed by atoms with Crippen LogP contribution in [-0.2, 0) is 22.3 Å². The van der Waals surface area contributed by atoms with Crippen LogP contribution < -0.4 is 0 Å². The Labute approximate surface area is 146 Å². The Hall–Kier alpha value is -0.910. The van der Waals surface area contributed by atoms with Gasteiger partial charge in [0.15, 0.2) is 0 Å². The van der Waals surface area contributed by atoms with Gasteiger partial charge in [0, 0.05) is 10.2 Å². The number of hydrogen-bond acceptors (Lipinski definition) is 2. The highest BCUT2D eigenvalue weighted by Crippen LogP contribution is 2.39. The Kier molecular flexibility index (Phi) is 5.50. The zero-order valence-corrected chi connectivity index (χ0v) is 15.1. The number of halogens is 1. The van der Waals surface area contributed by atoms with Gasteiger partial charge in [-0.1, -0.05) is 30.3 Å². The first-order chi connectivity index (χ1) is 10.8. The van der Waals surface area contributed by atoms with Gasteiger partial charge in [0.25, 0.3) is 0 Å². The molecule has 22 heavy (non-hydrogen) atoms. The molecule has 0 fully saturated rings. The number of fused-ring (bicyclic) bond motifs is 3. The van der Waals surface area contributed by atoms with E-state index in [0.717, 1.165) is 26.1 Å². The van der Waals surface area contributed by atoms with Gasteiger partial charge in [-0.25, -0.2) is 0 Å². The molecule has 0 atom stereocenters. The van der Waals surface area contributed by atoms with Crippen molar-refractivity contribution in [3.8, 4) is 11.1 Å². The van der Waals surface area contributed by atoms with Crippen molar-refractivity contribution in [2.45, 2.75) is 19.8 Å². The molecule has 0 heterocycles. The van der Waals surface area contributed by atoms with Gasteiger partial charge in [-0.15, -0.1) is 0 Å². The summed E-state index contributed by atoms with van der Waals surface area (Å²) in [6, 6.07) is 13.2. The van der Waals surface area contributed by atoms with Gasteiger partial charge in [0.1, 0.15) is 0 Å². The highest BCUT2D eigenvalue weighted by Gasteiger charge is 2.21. The van der Waals surface area contributed by atoms with Crippen LogP contribution in [0, 0.1) is 3.57 Å². The van der Waals surface area contributed by atoms with Crippen molar-refractivity contribution in [3.63, 3.8) is 0 Å². The molecule has 1 aliphatic carbocycles. The molecule has 0 spiro atoms. The SMILES string of the molecule is CCOCCOCCc1c(I)ccc2c1Cc1ccccc1-2. The number of rotatable bonds is 7.